The predicted octanol–water partition coefficient (Wildman–Crippen LogP) is 1.65. The van der Waals surface area contributed by atoms with E-state index >= 15 is 0 Å². The van der Waals surface area contributed by atoms with Gasteiger partial charge >= 0.3 is 6.09 Å². The second kappa shape index (κ2) is 8.68. The Labute approximate surface area is 171 Å². The van der Waals surface area contributed by atoms with Crippen LogP contribution >= 0.6 is 0 Å². The largest absolute Gasteiger partial charge is 0.453 e. The van der Waals surface area contributed by atoms with E-state index in [0.29, 0.717) is 31.7 Å². The van der Waals surface area contributed by atoms with Crippen molar-refractivity contribution in [2.75, 3.05) is 32.1 Å². The van der Waals surface area contributed by atoms with E-state index in [0.717, 1.165) is 6.42 Å². The van der Waals surface area contributed by atoms with Crippen molar-refractivity contribution >= 4 is 27.7 Å². The Kier molecular flexibility index (Phi) is 6.45. The molecular weight excluding hydrogens is 398 g/mol. The molecule has 29 heavy (non-hydrogen) atoms. The minimum atomic E-state index is -3.64. The number of hydrogen-bond donors (Lipinski definition) is 1. The van der Waals surface area contributed by atoms with Crippen LogP contribution in [0.2, 0.25) is 0 Å². The van der Waals surface area contributed by atoms with E-state index in [1.165, 1.54) is 28.4 Å². The van der Waals surface area contributed by atoms with Crippen LogP contribution in [0.4, 0.5) is 10.5 Å². The highest BCUT2D eigenvalue weighted by atomic mass is 32.2. The van der Waals surface area contributed by atoms with Crippen molar-refractivity contribution in [3.63, 3.8) is 0 Å². The topological polar surface area (TPSA) is 105 Å². The molecule has 1 aromatic carbocycles. The van der Waals surface area contributed by atoms with Crippen molar-refractivity contribution in [2.24, 2.45) is 0 Å². The monoisotopic (exact) mass is 425 g/mol. The van der Waals surface area contributed by atoms with Crippen LogP contribution in [0.1, 0.15) is 26.7 Å². The number of amides is 2. The normalized spacial score (nSPS) is 25.6. The van der Waals surface area contributed by atoms with E-state index in [4.69, 9.17) is 9.47 Å². The number of carbonyl (C=O) groups is 2. The smallest absolute Gasteiger partial charge is 0.410 e. The summed E-state index contributed by atoms with van der Waals surface area (Å²) in [4.78, 5) is 25.9. The lowest BCUT2D eigenvalue weighted by atomic mass is 10.2. The number of nitrogens with one attached hydrogen (secondary N) is 1. The Balaban J connectivity index is 1.68. The van der Waals surface area contributed by atoms with E-state index in [1.807, 2.05) is 13.8 Å². The average Bonchev–Trinajstić information content (AvgIpc) is 3.17. The quantitative estimate of drug-likeness (QED) is 0.787. The van der Waals surface area contributed by atoms with Crippen molar-refractivity contribution in [3.8, 4) is 0 Å². The summed E-state index contributed by atoms with van der Waals surface area (Å²) in [6.07, 6.45) is 0.409. The molecule has 9 nitrogen and oxygen atoms in total. The molecule has 2 aliphatic heterocycles. The predicted molar refractivity (Wildman–Crippen MR) is 106 cm³/mol. The molecule has 0 aliphatic carbocycles. The molecule has 0 saturated carbocycles. The van der Waals surface area contributed by atoms with E-state index in [-0.39, 0.29) is 23.0 Å². The van der Waals surface area contributed by atoms with Gasteiger partial charge in [0.15, 0.2) is 0 Å². The third-order valence-electron chi connectivity index (χ3n) is 5.11. The fraction of sp³-hybridized carbons (Fsp3) is 0.579. The zero-order valence-corrected chi connectivity index (χ0v) is 17.6. The summed E-state index contributed by atoms with van der Waals surface area (Å²) in [7, 11) is -2.36. The highest BCUT2D eigenvalue weighted by Gasteiger charge is 2.35. The zero-order chi connectivity index (χ0) is 21.2. The van der Waals surface area contributed by atoms with Crippen molar-refractivity contribution in [3.05, 3.63) is 24.3 Å². The number of likely N-dealkylation sites (tertiary alicyclic amines) is 1. The maximum absolute atomic E-state index is 12.9. The average molecular weight is 426 g/mol. The van der Waals surface area contributed by atoms with Gasteiger partial charge in [-0.3, -0.25) is 9.69 Å². The molecule has 0 aromatic heterocycles. The molecule has 0 radical (unpaired) electrons. The summed E-state index contributed by atoms with van der Waals surface area (Å²) in [5, 5.41) is 2.75. The number of benzene rings is 1. The second-order valence-corrected chi connectivity index (χ2v) is 9.35. The standard InChI is InChI=1S/C19H27N3O6S/c1-13-11-21(12-14(2)28-13)29(25,26)16-8-6-15(7-9-16)20-18(23)17-5-4-10-22(17)19(24)27-3/h6-9,13-14,17H,4-5,10-12H2,1-3H3,(H,20,23)/t13-,14-,17-/m1/s1. The van der Waals surface area contributed by atoms with Crippen LogP contribution in [0, 0.1) is 0 Å². The van der Waals surface area contributed by atoms with Crippen LogP contribution in [0.5, 0.6) is 0 Å². The first kappa shape index (κ1) is 21.5. The number of anilines is 1. The molecule has 10 heteroatoms. The third kappa shape index (κ3) is 4.71. The summed E-state index contributed by atoms with van der Waals surface area (Å²) < 4.78 is 37.5. The number of rotatable bonds is 4. The van der Waals surface area contributed by atoms with E-state index < -0.39 is 22.2 Å². The lowest BCUT2D eigenvalue weighted by Crippen LogP contribution is -2.48. The number of hydrogen-bond acceptors (Lipinski definition) is 6. The molecule has 2 heterocycles. The van der Waals surface area contributed by atoms with Crippen LogP contribution in [0.15, 0.2) is 29.2 Å². The molecule has 1 aromatic rings. The van der Waals surface area contributed by atoms with Gasteiger partial charge < -0.3 is 14.8 Å². The Morgan fingerprint density at radius 3 is 2.34 bits per heavy atom. The van der Waals surface area contributed by atoms with Crippen LogP contribution in [-0.2, 0) is 24.3 Å². The van der Waals surface area contributed by atoms with Gasteiger partial charge in [-0.05, 0) is 51.0 Å². The molecule has 2 aliphatic rings. The number of ether oxygens (including phenoxy) is 2. The minimum absolute atomic E-state index is 0.161. The molecular formula is C19H27N3O6S. The van der Waals surface area contributed by atoms with Gasteiger partial charge in [-0.25, -0.2) is 13.2 Å². The maximum atomic E-state index is 12.9. The molecule has 0 bridgehead atoms. The Morgan fingerprint density at radius 1 is 1.14 bits per heavy atom. The van der Waals surface area contributed by atoms with E-state index in [1.54, 1.807) is 12.1 Å². The van der Waals surface area contributed by atoms with Crippen molar-refractivity contribution in [1.29, 1.82) is 0 Å². The number of nitrogens with zero attached hydrogens (tertiary/aromatic N) is 2. The van der Waals surface area contributed by atoms with Gasteiger partial charge in [0.1, 0.15) is 6.04 Å². The van der Waals surface area contributed by atoms with E-state index in [2.05, 4.69) is 5.32 Å². The lowest BCUT2D eigenvalue weighted by Gasteiger charge is -2.34. The molecule has 0 unspecified atom stereocenters. The summed E-state index contributed by atoms with van der Waals surface area (Å²) in [5.41, 5.74) is 0.467. The van der Waals surface area contributed by atoms with Gasteiger partial charge in [-0.15, -0.1) is 0 Å². The van der Waals surface area contributed by atoms with Gasteiger partial charge in [0.25, 0.3) is 0 Å². The molecule has 2 fully saturated rings. The summed E-state index contributed by atoms with van der Waals surface area (Å²) in [5.74, 6) is -0.320. The first-order valence-corrected chi connectivity index (χ1v) is 11.1. The lowest BCUT2D eigenvalue weighted by molar-refractivity contribution is -0.119. The Bertz CT molecular complexity index is 847. The highest BCUT2D eigenvalue weighted by molar-refractivity contribution is 7.89. The van der Waals surface area contributed by atoms with Gasteiger partial charge in [-0.2, -0.15) is 4.31 Å². The van der Waals surface area contributed by atoms with Crippen molar-refractivity contribution < 1.29 is 27.5 Å². The second-order valence-electron chi connectivity index (χ2n) is 7.41. The van der Waals surface area contributed by atoms with Crippen molar-refractivity contribution in [2.45, 2.75) is 49.8 Å². The van der Waals surface area contributed by atoms with Crippen LogP contribution in [0.3, 0.4) is 0 Å². The fourth-order valence-electron chi connectivity index (χ4n) is 3.79. The maximum Gasteiger partial charge on any atom is 0.410 e. The van der Waals surface area contributed by atoms with Gasteiger partial charge in [-0.1, -0.05) is 0 Å². The fourth-order valence-corrected chi connectivity index (χ4v) is 5.38. The number of methoxy groups -OCH3 is 1. The Hall–Kier alpha value is -2.17. The van der Waals surface area contributed by atoms with Crippen LogP contribution in [0.25, 0.3) is 0 Å². The Morgan fingerprint density at radius 2 is 1.76 bits per heavy atom. The zero-order valence-electron chi connectivity index (χ0n) is 16.8. The van der Waals surface area contributed by atoms with E-state index in [9.17, 15) is 18.0 Å². The molecule has 2 amide bonds. The minimum Gasteiger partial charge on any atom is -0.453 e. The molecule has 1 N–H and O–H groups in total. The summed E-state index contributed by atoms with van der Waals surface area (Å²) in [6.45, 7) is 4.76. The molecule has 3 rings (SSSR count). The highest BCUT2D eigenvalue weighted by Crippen LogP contribution is 2.24. The summed E-state index contributed by atoms with van der Waals surface area (Å²) in [6, 6.07) is 5.46. The van der Waals surface area contributed by atoms with Crippen molar-refractivity contribution in [1.82, 2.24) is 9.21 Å². The molecule has 3 atom stereocenters. The first-order valence-electron chi connectivity index (χ1n) is 9.63. The number of carbonyl (C=O) groups excluding carboxylic acids is 2. The molecule has 0 spiro atoms. The van der Waals surface area contributed by atoms with Gasteiger partial charge in [0, 0.05) is 25.3 Å². The number of sulfonamides is 1. The summed E-state index contributed by atoms with van der Waals surface area (Å²) >= 11 is 0. The van der Waals surface area contributed by atoms with Gasteiger partial charge in [0.2, 0.25) is 15.9 Å². The number of morpholine rings is 1. The SMILES string of the molecule is COC(=O)N1CCC[C@@H]1C(=O)Nc1ccc(S(=O)(=O)N2C[C@@H](C)O[C@H](C)C2)cc1. The molecule has 2 saturated heterocycles. The third-order valence-corrected chi connectivity index (χ3v) is 6.96. The van der Waals surface area contributed by atoms with Crippen LogP contribution in [-0.4, -0.2) is 74.6 Å². The first-order chi connectivity index (χ1) is 13.7. The van der Waals surface area contributed by atoms with Crippen LogP contribution < -0.4 is 5.32 Å². The molecule has 160 valence electrons. The van der Waals surface area contributed by atoms with Gasteiger partial charge in [0.05, 0.1) is 24.2 Å².